The van der Waals surface area contributed by atoms with Gasteiger partial charge in [-0.3, -0.25) is 4.79 Å². The van der Waals surface area contributed by atoms with E-state index in [0.717, 1.165) is 70.6 Å². The Labute approximate surface area is 254 Å². The standard InChI is InChI=1S/C32H47N3O8/c1-3-28(31(40)43-23(2)37)35-32(41)34-27-13-10-12-24(19-27)11-6-9-18-42-17-8-5-4-7-16-33-21-30(39)25-14-15-29(38)26(20-25)22-36/h10,12-15,19-20,28,30,33,36,38-39H,3-9,11,16-18,21-22H2,1-2H3,(H2,34,35,41)/t28?,30-/m1/s1. The maximum atomic E-state index is 12.3. The van der Waals surface area contributed by atoms with E-state index >= 15 is 0 Å². The fraction of sp³-hybridized carbons (Fsp3) is 0.531. The van der Waals surface area contributed by atoms with Crippen molar-refractivity contribution in [3.63, 3.8) is 0 Å². The summed E-state index contributed by atoms with van der Waals surface area (Å²) in [5.74, 6) is -1.48. The second kappa shape index (κ2) is 20.4. The molecule has 11 heteroatoms. The predicted octanol–water partition coefficient (Wildman–Crippen LogP) is 4.10. The minimum Gasteiger partial charge on any atom is -0.508 e. The second-order valence-electron chi connectivity index (χ2n) is 10.4. The van der Waals surface area contributed by atoms with Crippen LogP contribution in [0, 0.1) is 0 Å². The molecule has 2 atom stereocenters. The maximum Gasteiger partial charge on any atom is 0.336 e. The third-order valence-electron chi connectivity index (χ3n) is 6.82. The number of aliphatic hydroxyl groups is 2. The van der Waals surface area contributed by atoms with E-state index in [2.05, 4.69) is 20.7 Å². The molecule has 2 rings (SSSR count). The van der Waals surface area contributed by atoms with Crippen LogP contribution >= 0.6 is 0 Å². The van der Waals surface area contributed by atoms with Gasteiger partial charge in [0.2, 0.25) is 0 Å². The molecule has 2 aromatic rings. The van der Waals surface area contributed by atoms with Gasteiger partial charge in [0.05, 0.1) is 12.7 Å². The van der Waals surface area contributed by atoms with E-state index < -0.39 is 30.1 Å². The third-order valence-corrected chi connectivity index (χ3v) is 6.82. The number of ether oxygens (including phenoxy) is 2. The van der Waals surface area contributed by atoms with E-state index in [1.165, 1.54) is 6.07 Å². The summed E-state index contributed by atoms with van der Waals surface area (Å²) in [5.41, 5.74) is 2.76. The third kappa shape index (κ3) is 14.5. The Hall–Kier alpha value is -3.51. The minimum absolute atomic E-state index is 0.0254. The monoisotopic (exact) mass is 601 g/mol. The Balaban J connectivity index is 1.49. The summed E-state index contributed by atoms with van der Waals surface area (Å²) in [5, 5.41) is 37.7. The largest absolute Gasteiger partial charge is 0.508 e. The zero-order valence-corrected chi connectivity index (χ0v) is 25.3. The summed E-state index contributed by atoms with van der Waals surface area (Å²) in [6, 6.07) is 10.8. The molecular formula is C32H47N3O8. The summed E-state index contributed by atoms with van der Waals surface area (Å²) in [4.78, 5) is 35.2. The molecule has 0 heterocycles. The van der Waals surface area contributed by atoms with Crippen LogP contribution < -0.4 is 16.0 Å². The Bertz CT molecular complexity index is 1140. The number of unbranched alkanes of at least 4 members (excludes halogenated alkanes) is 4. The number of nitrogens with one attached hydrogen (secondary N) is 3. The summed E-state index contributed by atoms with van der Waals surface area (Å²) < 4.78 is 10.3. The van der Waals surface area contributed by atoms with Crippen molar-refractivity contribution < 1.29 is 39.2 Å². The van der Waals surface area contributed by atoms with Gasteiger partial charge in [0.1, 0.15) is 11.8 Å². The van der Waals surface area contributed by atoms with Gasteiger partial charge in [-0.15, -0.1) is 0 Å². The first-order valence-electron chi connectivity index (χ1n) is 15.0. The van der Waals surface area contributed by atoms with Crippen LogP contribution in [0.5, 0.6) is 5.75 Å². The quantitative estimate of drug-likeness (QED) is 0.0744. The molecule has 0 saturated heterocycles. The van der Waals surface area contributed by atoms with Crippen LogP contribution in [0.25, 0.3) is 0 Å². The van der Waals surface area contributed by atoms with Crippen molar-refractivity contribution in [2.45, 2.75) is 84.0 Å². The highest BCUT2D eigenvalue weighted by Gasteiger charge is 2.21. The lowest BCUT2D eigenvalue weighted by Gasteiger charge is -2.15. The number of hydrogen-bond acceptors (Lipinski definition) is 9. The fourth-order valence-electron chi connectivity index (χ4n) is 4.41. The molecule has 0 bridgehead atoms. The van der Waals surface area contributed by atoms with E-state index in [-0.39, 0.29) is 12.4 Å². The molecule has 43 heavy (non-hydrogen) atoms. The molecule has 2 aromatic carbocycles. The van der Waals surface area contributed by atoms with Crippen LogP contribution in [-0.4, -0.2) is 65.6 Å². The number of carbonyl (C=O) groups excluding carboxylic acids is 3. The van der Waals surface area contributed by atoms with Gasteiger partial charge in [-0.1, -0.05) is 38.0 Å². The second-order valence-corrected chi connectivity index (χ2v) is 10.4. The number of aliphatic hydroxyl groups excluding tert-OH is 2. The first-order valence-corrected chi connectivity index (χ1v) is 15.0. The molecule has 2 amide bonds. The number of anilines is 1. The molecule has 0 fully saturated rings. The maximum absolute atomic E-state index is 12.3. The molecule has 0 saturated carbocycles. The molecule has 6 N–H and O–H groups in total. The molecule has 0 aromatic heterocycles. The highest BCUT2D eigenvalue weighted by molar-refractivity contribution is 5.94. The highest BCUT2D eigenvalue weighted by atomic mass is 16.6. The highest BCUT2D eigenvalue weighted by Crippen LogP contribution is 2.22. The zero-order valence-electron chi connectivity index (χ0n) is 25.3. The normalized spacial score (nSPS) is 12.4. The lowest BCUT2D eigenvalue weighted by molar-refractivity contribution is -0.159. The summed E-state index contributed by atoms with van der Waals surface area (Å²) in [7, 11) is 0. The van der Waals surface area contributed by atoms with Gasteiger partial charge in [0, 0.05) is 37.9 Å². The average molecular weight is 602 g/mol. The number of hydrogen-bond donors (Lipinski definition) is 6. The van der Waals surface area contributed by atoms with Crippen LogP contribution in [-0.2, 0) is 32.1 Å². The Morgan fingerprint density at radius 1 is 0.953 bits per heavy atom. The van der Waals surface area contributed by atoms with Crippen molar-refractivity contribution in [2.24, 2.45) is 0 Å². The van der Waals surface area contributed by atoms with Crippen molar-refractivity contribution in [3.8, 4) is 5.75 Å². The van der Waals surface area contributed by atoms with Gasteiger partial charge in [-0.2, -0.15) is 0 Å². The molecule has 0 aliphatic carbocycles. The molecule has 0 aliphatic heterocycles. The molecule has 238 valence electrons. The number of benzene rings is 2. The van der Waals surface area contributed by atoms with E-state index in [9.17, 15) is 29.7 Å². The first kappa shape index (κ1) is 35.7. The van der Waals surface area contributed by atoms with Crippen molar-refractivity contribution >= 4 is 23.7 Å². The molecule has 0 spiro atoms. The Kier molecular flexibility index (Phi) is 16.9. The summed E-state index contributed by atoms with van der Waals surface area (Å²) >= 11 is 0. The number of carbonyl (C=O) groups is 3. The predicted molar refractivity (Wildman–Crippen MR) is 164 cm³/mol. The van der Waals surface area contributed by atoms with Crippen molar-refractivity contribution in [2.75, 3.05) is 31.6 Å². The van der Waals surface area contributed by atoms with Gasteiger partial charge in [-0.05, 0) is 80.5 Å². The number of aromatic hydroxyl groups is 1. The number of amides is 2. The SMILES string of the molecule is CCC(NC(=O)Nc1cccc(CCCCOCCCCCCNC[C@@H](O)c2ccc(O)c(CO)c2)c1)C(=O)OC(C)=O. The summed E-state index contributed by atoms with van der Waals surface area (Å²) in [6.45, 7) is 5.22. The topological polar surface area (TPSA) is 166 Å². The van der Waals surface area contributed by atoms with Crippen LogP contribution in [0.15, 0.2) is 42.5 Å². The number of urea groups is 1. The number of phenols is 1. The van der Waals surface area contributed by atoms with Crippen molar-refractivity contribution in [3.05, 3.63) is 59.2 Å². The molecule has 11 nitrogen and oxygen atoms in total. The fourth-order valence-corrected chi connectivity index (χ4v) is 4.41. The minimum atomic E-state index is -0.907. The molecule has 0 aliphatic rings. The van der Waals surface area contributed by atoms with Gasteiger partial charge in [-0.25, -0.2) is 9.59 Å². The van der Waals surface area contributed by atoms with Crippen molar-refractivity contribution in [1.82, 2.24) is 10.6 Å². The number of esters is 2. The van der Waals surface area contributed by atoms with Gasteiger partial charge in [0.25, 0.3) is 0 Å². The number of rotatable bonds is 20. The van der Waals surface area contributed by atoms with E-state index in [1.807, 2.05) is 18.2 Å². The Morgan fingerprint density at radius 2 is 1.70 bits per heavy atom. The van der Waals surface area contributed by atoms with Crippen LogP contribution in [0.3, 0.4) is 0 Å². The average Bonchev–Trinajstić information content (AvgIpc) is 2.98. The van der Waals surface area contributed by atoms with Crippen molar-refractivity contribution in [1.29, 1.82) is 0 Å². The van der Waals surface area contributed by atoms with Gasteiger partial charge < -0.3 is 40.7 Å². The van der Waals surface area contributed by atoms with Crippen LogP contribution in [0.1, 0.15) is 81.6 Å². The Morgan fingerprint density at radius 3 is 2.42 bits per heavy atom. The van der Waals surface area contributed by atoms with E-state index in [0.29, 0.717) is 36.4 Å². The summed E-state index contributed by atoms with van der Waals surface area (Å²) in [6.07, 6.45) is 6.49. The van der Waals surface area contributed by atoms with Crippen LogP contribution in [0.2, 0.25) is 0 Å². The smallest absolute Gasteiger partial charge is 0.336 e. The lowest BCUT2D eigenvalue weighted by atomic mass is 10.1. The lowest BCUT2D eigenvalue weighted by Crippen LogP contribution is -2.43. The molecular weight excluding hydrogens is 554 g/mol. The van der Waals surface area contributed by atoms with E-state index in [4.69, 9.17) is 4.74 Å². The first-order chi connectivity index (χ1) is 20.7. The van der Waals surface area contributed by atoms with Crippen LogP contribution in [0.4, 0.5) is 10.5 Å². The molecule has 1 unspecified atom stereocenters. The van der Waals surface area contributed by atoms with E-state index in [1.54, 1.807) is 25.1 Å². The number of aryl methyl sites for hydroxylation is 1. The van der Waals surface area contributed by atoms with Gasteiger partial charge in [0.15, 0.2) is 0 Å². The molecule has 0 radical (unpaired) electrons. The van der Waals surface area contributed by atoms with Gasteiger partial charge >= 0.3 is 18.0 Å². The zero-order chi connectivity index (χ0) is 31.5.